The molecule has 2 bridgehead atoms. The number of aromatic nitrogens is 1. The maximum atomic E-state index is 14.7. The van der Waals surface area contributed by atoms with E-state index >= 15 is 0 Å². The van der Waals surface area contributed by atoms with Gasteiger partial charge in [0.2, 0.25) is 5.91 Å². The van der Waals surface area contributed by atoms with Crippen molar-refractivity contribution in [2.24, 2.45) is 5.92 Å². The number of pyridine rings is 1. The van der Waals surface area contributed by atoms with E-state index in [4.69, 9.17) is 26.2 Å². The number of ether oxygens (including phenoxy) is 2. The van der Waals surface area contributed by atoms with Gasteiger partial charge in [-0.15, -0.1) is 0 Å². The van der Waals surface area contributed by atoms with Crippen molar-refractivity contribution in [2.75, 3.05) is 24.3 Å². The Morgan fingerprint density at radius 3 is 2.47 bits per heavy atom. The highest BCUT2D eigenvalue weighted by atomic mass is 35.5. The van der Waals surface area contributed by atoms with Crippen molar-refractivity contribution in [3.05, 3.63) is 76.6 Å². The lowest BCUT2D eigenvalue weighted by Gasteiger charge is -2.37. The number of nitrogens with zero attached hydrogens (tertiary/aromatic N) is 2. The summed E-state index contributed by atoms with van der Waals surface area (Å²) in [5, 5.41) is 12.5. The number of aliphatic carboxylic acids is 1. The summed E-state index contributed by atoms with van der Waals surface area (Å²) in [5.41, 5.74) is 2.57. The first-order chi connectivity index (χ1) is 23.1. The lowest BCUT2D eigenvalue weighted by molar-refractivity contribution is -0.192. The number of benzene rings is 2. The molecule has 2 aromatic carbocycles. The SMILES string of the molecule is COC(=O)Nc1ccc2c(c1)NC(=O)[C@H](C)CCC[C@H](N1CCC(c3c(F)ccc(Cl)c3F)OC1=O)c1cc-2ccn1.O=C(O)C(F)(F)F. The van der Waals surface area contributed by atoms with E-state index in [2.05, 4.69) is 20.4 Å². The van der Waals surface area contributed by atoms with Gasteiger partial charge in [0.15, 0.2) is 5.82 Å². The second kappa shape index (κ2) is 15.5. The monoisotopic (exact) mass is 712 g/mol. The van der Waals surface area contributed by atoms with E-state index in [1.165, 1.54) is 12.0 Å². The molecule has 17 heteroatoms. The van der Waals surface area contributed by atoms with Crippen LogP contribution in [0.15, 0.2) is 48.7 Å². The quantitative estimate of drug-likeness (QED) is 0.184. The van der Waals surface area contributed by atoms with Crippen molar-refractivity contribution < 1.29 is 55.7 Å². The van der Waals surface area contributed by atoms with Crippen LogP contribution in [0.1, 0.15) is 56.0 Å². The highest BCUT2D eigenvalue weighted by Gasteiger charge is 2.39. The molecule has 3 heterocycles. The summed E-state index contributed by atoms with van der Waals surface area (Å²) in [6.45, 7) is 1.98. The minimum atomic E-state index is -5.08. The number of alkyl halides is 3. The van der Waals surface area contributed by atoms with Gasteiger partial charge in [-0.3, -0.25) is 20.0 Å². The maximum Gasteiger partial charge on any atom is 0.490 e. The van der Waals surface area contributed by atoms with Gasteiger partial charge >= 0.3 is 24.3 Å². The van der Waals surface area contributed by atoms with Gasteiger partial charge < -0.3 is 19.9 Å². The minimum Gasteiger partial charge on any atom is -0.475 e. The highest BCUT2D eigenvalue weighted by Crippen LogP contribution is 2.39. The second-order valence-corrected chi connectivity index (χ2v) is 11.5. The number of fused-ring (bicyclic) bond motifs is 4. The molecule has 1 saturated heterocycles. The van der Waals surface area contributed by atoms with Crippen molar-refractivity contribution in [1.29, 1.82) is 0 Å². The lowest BCUT2D eigenvalue weighted by Crippen LogP contribution is -2.42. The van der Waals surface area contributed by atoms with Gasteiger partial charge in [0.25, 0.3) is 0 Å². The Balaban J connectivity index is 0.000000698. The fourth-order valence-electron chi connectivity index (χ4n) is 5.33. The highest BCUT2D eigenvalue weighted by molar-refractivity contribution is 6.30. The molecule has 3 aromatic rings. The fourth-order valence-corrected chi connectivity index (χ4v) is 5.50. The number of methoxy groups -OCH3 is 1. The molecular formula is C32H30ClF5N4O7. The fraction of sp³-hybridized carbons (Fsp3) is 0.344. The summed E-state index contributed by atoms with van der Waals surface area (Å²) in [5.74, 6) is -5.08. The van der Waals surface area contributed by atoms with E-state index in [-0.39, 0.29) is 35.4 Å². The second-order valence-electron chi connectivity index (χ2n) is 11.1. The van der Waals surface area contributed by atoms with Gasteiger partial charge in [-0.05, 0) is 54.8 Å². The summed E-state index contributed by atoms with van der Waals surface area (Å²) >= 11 is 5.86. The average Bonchev–Trinajstić information content (AvgIpc) is 3.05. The number of anilines is 2. The Bertz CT molecular complexity index is 1740. The first kappa shape index (κ1) is 36.8. The van der Waals surface area contributed by atoms with Crippen molar-refractivity contribution >= 4 is 47.0 Å². The number of carboxylic acids is 1. The third kappa shape index (κ3) is 8.93. The molecule has 49 heavy (non-hydrogen) atoms. The first-order valence-corrected chi connectivity index (χ1v) is 15.2. The Hall–Kier alpha value is -4.99. The van der Waals surface area contributed by atoms with Crippen LogP contribution in [0.5, 0.6) is 0 Å². The Labute approximate surface area is 281 Å². The molecule has 0 spiro atoms. The van der Waals surface area contributed by atoms with Gasteiger partial charge in [-0.1, -0.05) is 31.0 Å². The predicted molar refractivity (Wildman–Crippen MR) is 166 cm³/mol. The molecule has 0 saturated carbocycles. The van der Waals surface area contributed by atoms with E-state index < -0.39 is 48.1 Å². The largest absolute Gasteiger partial charge is 0.490 e. The maximum absolute atomic E-state index is 14.7. The lowest BCUT2D eigenvalue weighted by atomic mass is 9.94. The normalized spacial score (nSPS) is 19.4. The zero-order valence-corrected chi connectivity index (χ0v) is 26.7. The van der Waals surface area contributed by atoms with Crippen LogP contribution in [-0.2, 0) is 19.1 Å². The molecule has 3 amide bonds. The summed E-state index contributed by atoms with van der Waals surface area (Å²) in [6.07, 6.45) is -4.20. The zero-order chi connectivity index (χ0) is 36.0. The molecule has 11 nitrogen and oxygen atoms in total. The number of carbonyl (C=O) groups excluding carboxylic acids is 3. The number of nitrogens with one attached hydrogen (secondary N) is 2. The molecule has 3 atom stereocenters. The molecule has 2 aliphatic heterocycles. The van der Waals surface area contributed by atoms with Crippen LogP contribution < -0.4 is 10.6 Å². The zero-order valence-electron chi connectivity index (χ0n) is 25.9. The van der Waals surface area contributed by atoms with E-state index in [0.29, 0.717) is 41.9 Å². The van der Waals surface area contributed by atoms with Crippen molar-refractivity contribution in [1.82, 2.24) is 9.88 Å². The Kier molecular flexibility index (Phi) is 11.6. The van der Waals surface area contributed by atoms with Crippen LogP contribution in [0.2, 0.25) is 5.02 Å². The molecule has 0 radical (unpaired) electrons. The van der Waals surface area contributed by atoms with Gasteiger partial charge in [-0.25, -0.2) is 23.2 Å². The van der Waals surface area contributed by atoms with E-state index in [0.717, 1.165) is 17.7 Å². The summed E-state index contributed by atoms with van der Waals surface area (Å²) in [7, 11) is 1.26. The molecule has 1 fully saturated rings. The van der Waals surface area contributed by atoms with E-state index in [1.54, 1.807) is 30.5 Å². The third-order valence-electron chi connectivity index (χ3n) is 7.83. The molecule has 1 aromatic heterocycles. The number of hydrogen-bond donors (Lipinski definition) is 3. The molecular weight excluding hydrogens is 683 g/mol. The first-order valence-electron chi connectivity index (χ1n) is 14.8. The van der Waals surface area contributed by atoms with Crippen LogP contribution in [0.25, 0.3) is 11.1 Å². The Morgan fingerprint density at radius 1 is 1.10 bits per heavy atom. The van der Waals surface area contributed by atoms with Crippen molar-refractivity contribution in [3.8, 4) is 11.1 Å². The average molecular weight is 713 g/mol. The van der Waals surface area contributed by atoms with Crippen LogP contribution in [0.3, 0.4) is 0 Å². The molecule has 1 unspecified atom stereocenters. The van der Waals surface area contributed by atoms with Crippen LogP contribution >= 0.6 is 11.6 Å². The predicted octanol–water partition coefficient (Wildman–Crippen LogP) is 7.88. The molecule has 5 rings (SSSR count). The van der Waals surface area contributed by atoms with E-state index in [1.807, 2.05) is 13.0 Å². The molecule has 2 aliphatic rings. The topological polar surface area (TPSA) is 147 Å². The number of hydrogen-bond acceptors (Lipinski definition) is 7. The Morgan fingerprint density at radius 2 is 1.82 bits per heavy atom. The molecule has 262 valence electrons. The smallest absolute Gasteiger partial charge is 0.475 e. The van der Waals surface area contributed by atoms with Crippen molar-refractivity contribution in [2.45, 2.75) is 50.9 Å². The number of carbonyl (C=O) groups is 4. The number of carboxylic acid groups (broad SMARTS) is 1. The summed E-state index contributed by atoms with van der Waals surface area (Å²) in [4.78, 5) is 53.2. The van der Waals surface area contributed by atoms with Gasteiger partial charge in [-0.2, -0.15) is 13.2 Å². The number of halogens is 6. The number of rotatable bonds is 3. The molecule has 3 N–H and O–H groups in total. The van der Waals surface area contributed by atoms with Gasteiger partial charge in [0, 0.05) is 36.3 Å². The summed E-state index contributed by atoms with van der Waals surface area (Å²) in [6, 6.07) is 10.4. The van der Waals surface area contributed by atoms with Crippen LogP contribution in [0, 0.1) is 17.6 Å². The van der Waals surface area contributed by atoms with Crippen LogP contribution in [-0.4, -0.2) is 58.9 Å². The molecule has 0 aliphatic carbocycles. The third-order valence-corrected chi connectivity index (χ3v) is 8.13. The standard InChI is InChI=1S/C30H29ClF2N4O5.C2HF3O2/c1-16-4-3-5-24(37-13-11-25(42-30(37)40)26-21(32)9-8-20(31)27(26)33)23-14-17(10-12-34-23)19-7-6-18(35-29(39)41-2)15-22(19)36-28(16)38;3-2(4,5)1(6)7/h6-10,12,14-16,24-25H,3-5,11,13H2,1-2H3,(H,35,39)(H,36,38);(H,6,7)/t16-,24+,25?;/m1./s1. The number of amides is 3. The van der Waals surface area contributed by atoms with Gasteiger partial charge in [0.1, 0.15) is 11.9 Å². The van der Waals surface area contributed by atoms with Gasteiger partial charge in [0.05, 0.1) is 35.1 Å². The van der Waals surface area contributed by atoms with Crippen molar-refractivity contribution in [3.63, 3.8) is 0 Å². The number of cyclic esters (lactones) is 1. The minimum absolute atomic E-state index is 0.147. The summed E-state index contributed by atoms with van der Waals surface area (Å²) < 4.78 is 71.2. The van der Waals surface area contributed by atoms with Crippen LogP contribution in [0.4, 0.5) is 42.9 Å². The van der Waals surface area contributed by atoms with E-state index in [9.17, 15) is 36.3 Å².